The van der Waals surface area contributed by atoms with Crippen molar-refractivity contribution in [1.82, 2.24) is 14.5 Å². The number of nitrogens with zero attached hydrogens (tertiary/aromatic N) is 3. The molecule has 1 atom stereocenters. The fourth-order valence-corrected chi connectivity index (χ4v) is 3.44. The molecule has 0 aliphatic carbocycles. The number of halogens is 1. The van der Waals surface area contributed by atoms with Crippen LogP contribution in [0.4, 0.5) is 5.95 Å². The van der Waals surface area contributed by atoms with E-state index in [-0.39, 0.29) is 0 Å². The second kappa shape index (κ2) is 5.74. The Morgan fingerprint density at radius 1 is 1.30 bits per heavy atom. The average Bonchev–Trinajstić information content (AvgIpc) is 2.98. The molecule has 2 heterocycles. The Morgan fingerprint density at radius 2 is 2.05 bits per heavy atom. The molecule has 1 aromatic heterocycles. The molecule has 2 aromatic rings. The molecule has 1 saturated heterocycles. The van der Waals surface area contributed by atoms with Crippen LogP contribution in [-0.2, 0) is 6.54 Å². The minimum absolute atomic E-state index is 0.580. The van der Waals surface area contributed by atoms with Crippen LogP contribution in [0.1, 0.15) is 19.8 Å². The third-order valence-corrected chi connectivity index (χ3v) is 4.50. The van der Waals surface area contributed by atoms with E-state index in [9.17, 15) is 0 Å². The molecule has 2 N–H and O–H groups in total. The number of hydrogen-bond donors (Lipinski definition) is 1. The van der Waals surface area contributed by atoms with Gasteiger partial charge in [0, 0.05) is 17.6 Å². The van der Waals surface area contributed by atoms with E-state index < -0.39 is 0 Å². The number of imidazole rings is 1. The van der Waals surface area contributed by atoms with E-state index in [1.807, 2.05) is 12.1 Å². The largest absolute Gasteiger partial charge is 0.369 e. The number of fused-ring (bicyclic) bond motifs is 1. The topological polar surface area (TPSA) is 47.1 Å². The van der Waals surface area contributed by atoms with Crippen LogP contribution < -0.4 is 5.73 Å². The molecule has 20 heavy (non-hydrogen) atoms. The summed E-state index contributed by atoms with van der Waals surface area (Å²) in [6.45, 7) is 6.87. The zero-order valence-corrected chi connectivity index (χ0v) is 13.4. The Morgan fingerprint density at radius 3 is 2.80 bits per heavy atom. The Labute approximate surface area is 128 Å². The lowest BCUT2D eigenvalue weighted by Crippen LogP contribution is -2.27. The van der Waals surface area contributed by atoms with Crippen LogP contribution in [0, 0.1) is 5.92 Å². The number of hydrogen-bond acceptors (Lipinski definition) is 3. The van der Waals surface area contributed by atoms with Crippen molar-refractivity contribution >= 4 is 32.9 Å². The van der Waals surface area contributed by atoms with E-state index in [0.29, 0.717) is 11.9 Å². The number of nitrogen functional groups attached to an aromatic ring is 1. The standard InChI is InChI=1S/C15H21BrN4/c1-11(9-19-6-2-3-7-19)10-20-14-5-4-12(16)8-13(14)18-15(20)17/h4-5,8,11H,2-3,6-7,9-10H2,1H3,(H2,17,18). The fraction of sp³-hybridized carbons (Fsp3) is 0.533. The summed E-state index contributed by atoms with van der Waals surface area (Å²) in [5, 5.41) is 0. The molecule has 1 aliphatic rings. The highest BCUT2D eigenvalue weighted by Crippen LogP contribution is 2.23. The fourth-order valence-electron chi connectivity index (χ4n) is 3.09. The van der Waals surface area contributed by atoms with Crippen LogP contribution in [-0.4, -0.2) is 34.1 Å². The van der Waals surface area contributed by atoms with Crippen molar-refractivity contribution in [1.29, 1.82) is 0 Å². The molecule has 5 heteroatoms. The third-order valence-electron chi connectivity index (χ3n) is 4.00. The van der Waals surface area contributed by atoms with Crippen LogP contribution in [0.2, 0.25) is 0 Å². The number of likely N-dealkylation sites (tertiary alicyclic amines) is 1. The first-order valence-electron chi connectivity index (χ1n) is 7.27. The zero-order valence-electron chi connectivity index (χ0n) is 11.8. The summed E-state index contributed by atoms with van der Waals surface area (Å²) < 4.78 is 3.18. The second-order valence-corrected chi connectivity index (χ2v) is 6.74. The van der Waals surface area contributed by atoms with Gasteiger partial charge in [-0.15, -0.1) is 0 Å². The summed E-state index contributed by atoms with van der Waals surface area (Å²) in [6.07, 6.45) is 2.69. The summed E-state index contributed by atoms with van der Waals surface area (Å²) in [6, 6.07) is 6.16. The van der Waals surface area contributed by atoms with Gasteiger partial charge in [-0.1, -0.05) is 22.9 Å². The number of rotatable bonds is 4. The first-order valence-corrected chi connectivity index (χ1v) is 8.06. The van der Waals surface area contributed by atoms with E-state index >= 15 is 0 Å². The molecule has 108 valence electrons. The van der Waals surface area contributed by atoms with Crippen molar-refractivity contribution in [2.75, 3.05) is 25.4 Å². The van der Waals surface area contributed by atoms with Gasteiger partial charge >= 0.3 is 0 Å². The highest BCUT2D eigenvalue weighted by atomic mass is 79.9. The number of benzene rings is 1. The predicted molar refractivity (Wildman–Crippen MR) is 86.7 cm³/mol. The van der Waals surface area contributed by atoms with Gasteiger partial charge in [-0.25, -0.2) is 4.98 Å². The second-order valence-electron chi connectivity index (χ2n) is 5.83. The maximum absolute atomic E-state index is 6.08. The molecule has 1 unspecified atom stereocenters. The van der Waals surface area contributed by atoms with Gasteiger partial charge in [0.1, 0.15) is 0 Å². The zero-order chi connectivity index (χ0) is 14.1. The van der Waals surface area contributed by atoms with Gasteiger partial charge in [0.2, 0.25) is 5.95 Å². The predicted octanol–water partition coefficient (Wildman–Crippen LogP) is 3.11. The summed E-state index contributed by atoms with van der Waals surface area (Å²) in [5.41, 5.74) is 8.17. The molecule has 0 spiro atoms. The summed E-state index contributed by atoms with van der Waals surface area (Å²) >= 11 is 3.48. The first kappa shape index (κ1) is 13.9. The van der Waals surface area contributed by atoms with Crippen LogP contribution in [0.25, 0.3) is 11.0 Å². The van der Waals surface area contributed by atoms with Gasteiger partial charge in [-0.3, -0.25) is 0 Å². The van der Waals surface area contributed by atoms with Crippen molar-refractivity contribution in [2.45, 2.75) is 26.3 Å². The average molecular weight is 337 g/mol. The van der Waals surface area contributed by atoms with E-state index in [1.165, 1.54) is 25.9 Å². The van der Waals surface area contributed by atoms with Crippen molar-refractivity contribution in [2.24, 2.45) is 5.92 Å². The first-order chi connectivity index (χ1) is 9.63. The molecule has 1 aromatic carbocycles. The molecular formula is C15H21BrN4. The lowest BCUT2D eigenvalue weighted by molar-refractivity contribution is 0.273. The molecule has 1 fully saturated rings. The molecule has 4 nitrogen and oxygen atoms in total. The van der Waals surface area contributed by atoms with E-state index in [4.69, 9.17) is 5.73 Å². The molecule has 0 amide bonds. The van der Waals surface area contributed by atoms with Gasteiger partial charge in [-0.05, 0) is 50.0 Å². The van der Waals surface area contributed by atoms with Crippen molar-refractivity contribution in [3.8, 4) is 0 Å². The minimum atomic E-state index is 0.580. The quantitative estimate of drug-likeness (QED) is 0.933. The summed E-state index contributed by atoms with van der Waals surface area (Å²) in [4.78, 5) is 7.01. The highest BCUT2D eigenvalue weighted by Gasteiger charge is 2.17. The number of nitrogens with two attached hydrogens (primary N) is 1. The molecular weight excluding hydrogens is 316 g/mol. The van der Waals surface area contributed by atoms with Crippen molar-refractivity contribution in [3.05, 3.63) is 22.7 Å². The van der Waals surface area contributed by atoms with Crippen LogP contribution in [0.5, 0.6) is 0 Å². The van der Waals surface area contributed by atoms with Crippen molar-refractivity contribution < 1.29 is 0 Å². The number of aromatic nitrogens is 2. The van der Waals surface area contributed by atoms with Crippen LogP contribution >= 0.6 is 15.9 Å². The SMILES string of the molecule is CC(CN1CCCC1)Cn1c(N)nc2cc(Br)ccc21. The highest BCUT2D eigenvalue weighted by molar-refractivity contribution is 9.10. The molecule has 0 saturated carbocycles. The molecule has 0 radical (unpaired) electrons. The van der Waals surface area contributed by atoms with Gasteiger partial charge in [0.25, 0.3) is 0 Å². The summed E-state index contributed by atoms with van der Waals surface area (Å²) in [7, 11) is 0. The Kier molecular flexibility index (Phi) is 3.98. The summed E-state index contributed by atoms with van der Waals surface area (Å²) in [5.74, 6) is 1.20. The Bertz CT molecular complexity index is 601. The maximum atomic E-state index is 6.08. The normalized spacial score (nSPS) is 17.9. The smallest absolute Gasteiger partial charge is 0.201 e. The maximum Gasteiger partial charge on any atom is 0.201 e. The Hall–Kier alpha value is -1.07. The van der Waals surface area contributed by atoms with Crippen LogP contribution in [0.15, 0.2) is 22.7 Å². The van der Waals surface area contributed by atoms with E-state index in [1.54, 1.807) is 0 Å². The van der Waals surface area contributed by atoms with Gasteiger partial charge in [0.15, 0.2) is 0 Å². The molecule has 0 bridgehead atoms. The van der Waals surface area contributed by atoms with Gasteiger partial charge < -0.3 is 15.2 Å². The third kappa shape index (κ3) is 2.83. The molecule has 3 rings (SSSR count). The Balaban J connectivity index is 1.77. The van der Waals surface area contributed by atoms with E-state index in [2.05, 4.69) is 43.4 Å². The molecule has 1 aliphatic heterocycles. The van der Waals surface area contributed by atoms with Crippen molar-refractivity contribution in [3.63, 3.8) is 0 Å². The van der Waals surface area contributed by atoms with Gasteiger partial charge in [-0.2, -0.15) is 0 Å². The van der Waals surface area contributed by atoms with Crippen LogP contribution in [0.3, 0.4) is 0 Å². The number of anilines is 1. The van der Waals surface area contributed by atoms with Gasteiger partial charge in [0.05, 0.1) is 11.0 Å². The lowest BCUT2D eigenvalue weighted by Gasteiger charge is -2.21. The lowest BCUT2D eigenvalue weighted by atomic mass is 10.1. The monoisotopic (exact) mass is 336 g/mol. The van der Waals surface area contributed by atoms with E-state index in [0.717, 1.165) is 28.6 Å². The minimum Gasteiger partial charge on any atom is -0.369 e.